The molecular formula is C29H33FN2O2S. The standard InChI is InChI=1S/C29H33FN2O2S/c1-4-22(3)31-29(34)27(18-23-10-6-5-7-11-23)32(19-24-12-8-9-13-26(24)30)28(33)20-35-25-16-14-21(2)15-17-25/h5-17,22,27H,4,18-20H2,1-3H3,(H,31,34)/t22-,27+/m0/s1. The van der Waals surface area contributed by atoms with Crippen molar-refractivity contribution in [3.63, 3.8) is 0 Å². The van der Waals surface area contributed by atoms with Crippen molar-refractivity contribution in [3.05, 3.63) is 101 Å². The molecule has 0 aromatic heterocycles. The second kappa shape index (κ2) is 13.1. The van der Waals surface area contributed by atoms with Gasteiger partial charge in [0.2, 0.25) is 11.8 Å². The number of aryl methyl sites for hydroxylation is 1. The minimum Gasteiger partial charge on any atom is -0.352 e. The number of nitrogens with zero attached hydrogens (tertiary/aromatic N) is 1. The summed E-state index contributed by atoms with van der Waals surface area (Å²) in [6.45, 7) is 5.97. The van der Waals surface area contributed by atoms with Crippen LogP contribution in [-0.2, 0) is 22.6 Å². The maximum Gasteiger partial charge on any atom is 0.243 e. The van der Waals surface area contributed by atoms with Crippen molar-refractivity contribution >= 4 is 23.6 Å². The number of amides is 2. The second-order valence-electron chi connectivity index (χ2n) is 8.74. The van der Waals surface area contributed by atoms with Gasteiger partial charge in [0.15, 0.2) is 0 Å². The van der Waals surface area contributed by atoms with Gasteiger partial charge >= 0.3 is 0 Å². The normalized spacial score (nSPS) is 12.6. The van der Waals surface area contributed by atoms with Crippen LogP contribution in [0.4, 0.5) is 4.39 Å². The molecule has 6 heteroatoms. The van der Waals surface area contributed by atoms with Gasteiger partial charge in [-0.1, -0.05) is 73.2 Å². The number of nitrogens with one attached hydrogen (secondary N) is 1. The molecule has 0 heterocycles. The fraction of sp³-hybridized carbons (Fsp3) is 0.310. The molecule has 35 heavy (non-hydrogen) atoms. The smallest absolute Gasteiger partial charge is 0.243 e. The summed E-state index contributed by atoms with van der Waals surface area (Å²) in [7, 11) is 0. The Morgan fingerprint density at radius 3 is 2.29 bits per heavy atom. The van der Waals surface area contributed by atoms with Gasteiger partial charge < -0.3 is 10.2 Å². The highest BCUT2D eigenvalue weighted by molar-refractivity contribution is 8.00. The zero-order valence-electron chi connectivity index (χ0n) is 20.5. The van der Waals surface area contributed by atoms with Crippen LogP contribution in [0.5, 0.6) is 0 Å². The second-order valence-corrected chi connectivity index (χ2v) is 9.79. The van der Waals surface area contributed by atoms with E-state index in [9.17, 15) is 14.0 Å². The molecule has 0 aliphatic heterocycles. The minimum atomic E-state index is -0.767. The van der Waals surface area contributed by atoms with E-state index in [-0.39, 0.29) is 30.2 Å². The van der Waals surface area contributed by atoms with E-state index in [4.69, 9.17) is 0 Å². The van der Waals surface area contributed by atoms with E-state index in [0.29, 0.717) is 12.0 Å². The van der Waals surface area contributed by atoms with Crippen LogP contribution in [0.25, 0.3) is 0 Å². The van der Waals surface area contributed by atoms with Gasteiger partial charge in [-0.2, -0.15) is 0 Å². The molecule has 4 nitrogen and oxygen atoms in total. The molecule has 0 saturated heterocycles. The van der Waals surface area contributed by atoms with Crippen molar-refractivity contribution in [1.29, 1.82) is 0 Å². The Morgan fingerprint density at radius 1 is 0.971 bits per heavy atom. The summed E-state index contributed by atoms with van der Waals surface area (Å²) in [5.74, 6) is -0.677. The van der Waals surface area contributed by atoms with Crippen molar-refractivity contribution in [1.82, 2.24) is 10.2 Å². The molecule has 1 N–H and O–H groups in total. The molecule has 3 aromatic rings. The van der Waals surface area contributed by atoms with Gasteiger partial charge in [-0.15, -0.1) is 11.8 Å². The molecule has 2 atom stereocenters. The number of hydrogen-bond donors (Lipinski definition) is 1. The molecule has 184 valence electrons. The van der Waals surface area contributed by atoms with Crippen LogP contribution in [0.1, 0.15) is 37.0 Å². The predicted octanol–water partition coefficient (Wildman–Crippen LogP) is 5.78. The Kier molecular flexibility index (Phi) is 9.91. The Labute approximate surface area is 211 Å². The Bertz CT molecular complexity index is 1110. The summed E-state index contributed by atoms with van der Waals surface area (Å²) in [6, 6.07) is 23.2. The summed E-state index contributed by atoms with van der Waals surface area (Å²) < 4.78 is 14.6. The summed E-state index contributed by atoms with van der Waals surface area (Å²) in [4.78, 5) is 29.5. The number of carbonyl (C=O) groups excluding carboxylic acids is 2. The van der Waals surface area contributed by atoms with E-state index in [2.05, 4.69) is 5.32 Å². The topological polar surface area (TPSA) is 49.4 Å². The zero-order valence-corrected chi connectivity index (χ0v) is 21.4. The molecule has 0 spiro atoms. The van der Waals surface area contributed by atoms with Crippen LogP contribution < -0.4 is 5.32 Å². The van der Waals surface area contributed by atoms with E-state index < -0.39 is 11.9 Å². The lowest BCUT2D eigenvalue weighted by Gasteiger charge is -2.32. The largest absolute Gasteiger partial charge is 0.352 e. The summed E-state index contributed by atoms with van der Waals surface area (Å²) >= 11 is 1.42. The Morgan fingerprint density at radius 2 is 1.63 bits per heavy atom. The minimum absolute atomic E-state index is 0.0192. The van der Waals surface area contributed by atoms with Gasteiger partial charge in [0.1, 0.15) is 11.9 Å². The van der Waals surface area contributed by atoms with Gasteiger partial charge in [-0.3, -0.25) is 9.59 Å². The quantitative estimate of drug-likeness (QED) is 0.345. The van der Waals surface area contributed by atoms with Crippen molar-refractivity contribution < 1.29 is 14.0 Å². The van der Waals surface area contributed by atoms with E-state index in [1.807, 2.05) is 75.4 Å². The van der Waals surface area contributed by atoms with E-state index in [0.717, 1.165) is 22.4 Å². The average molecular weight is 493 g/mol. The summed E-state index contributed by atoms with van der Waals surface area (Å²) in [5, 5.41) is 3.03. The zero-order chi connectivity index (χ0) is 25.2. The van der Waals surface area contributed by atoms with Crippen LogP contribution >= 0.6 is 11.8 Å². The van der Waals surface area contributed by atoms with Gasteiger partial charge in [0, 0.05) is 29.5 Å². The third-order valence-corrected chi connectivity index (χ3v) is 6.95. The molecule has 0 unspecified atom stereocenters. The SMILES string of the molecule is CC[C@H](C)NC(=O)[C@@H](Cc1ccccc1)N(Cc1ccccc1F)C(=O)CSc1ccc(C)cc1. The van der Waals surface area contributed by atoms with Crippen LogP contribution in [0.15, 0.2) is 83.8 Å². The lowest BCUT2D eigenvalue weighted by molar-refractivity contribution is -0.139. The third-order valence-electron chi connectivity index (χ3n) is 5.95. The third kappa shape index (κ3) is 7.96. The first kappa shape index (κ1) is 26.5. The summed E-state index contributed by atoms with van der Waals surface area (Å²) in [6.07, 6.45) is 1.12. The van der Waals surface area contributed by atoms with Gasteiger partial charge in [0.05, 0.1) is 5.75 Å². The van der Waals surface area contributed by atoms with Crippen molar-refractivity contribution in [2.24, 2.45) is 0 Å². The van der Waals surface area contributed by atoms with E-state index >= 15 is 0 Å². The monoisotopic (exact) mass is 492 g/mol. The van der Waals surface area contributed by atoms with Crippen LogP contribution in [0.3, 0.4) is 0 Å². The highest BCUT2D eigenvalue weighted by Crippen LogP contribution is 2.22. The Hall–Kier alpha value is -3.12. The summed E-state index contributed by atoms with van der Waals surface area (Å²) in [5.41, 5.74) is 2.47. The highest BCUT2D eigenvalue weighted by atomic mass is 32.2. The lowest BCUT2D eigenvalue weighted by atomic mass is 10.0. The predicted molar refractivity (Wildman–Crippen MR) is 141 cm³/mol. The molecular weight excluding hydrogens is 459 g/mol. The molecule has 3 aromatic carbocycles. The number of rotatable bonds is 11. The van der Waals surface area contributed by atoms with Gasteiger partial charge in [-0.05, 0) is 44.0 Å². The van der Waals surface area contributed by atoms with Crippen LogP contribution in [0.2, 0.25) is 0 Å². The van der Waals surface area contributed by atoms with Gasteiger partial charge in [-0.25, -0.2) is 4.39 Å². The molecule has 0 aliphatic rings. The van der Waals surface area contributed by atoms with Gasteiger partial charge in [0.25, 0.3) is 0 Å². The maximum atomic E-state index is 14.6. The first-order valence-corrected chi connectivity index (χ1v) is 12.9. The first-order chi connectivity index (χ1) is 16.9. The van der Waals surface area contributed by atoms with Crippen molar-refractivity contribution in [3.8, 4) is 0 Å². The Balaban J connectivity index is 1.91. The number of halogens is 1. The number of hydrogen-bond acceptors (Lipinski definition) is 3. The number of carbonyl (C=O) groups is 2. The number of benzene rings is 3. The fourth-order valence-corrected chi connectivity index (χ4v) is 4.45. The van der Waals surface area contributed by atoms with E-state index in [1.165, 1.54) is 22.7 Å². The van der Waals surface area contributed by atoms with Crippen LogP contribution in [-0.4, -0.2) is 34.6 Å². The molecule has 3 rings (SSSR count). The first-order valence-electron chi connectivity index (χ1n) is 11.9. The van der Waals surface area contributed by atoms with Crippen LogP contribution in [0, 0.1) is 12.7 Å². The fourth-order valence-electron chi connectivity index (χ4n) is 3.67. The number of thioether (sulfide) groups is 1. The molecule has 0 aliphatic carbocycles. The van der Waals surface area contributed by atoms with Crippen molar-refractivity contribution in [2.75, 3.05) is 5.75 Å². The van der Waals surface area contributed by atoms with E-state index in [1.54, 1.807) is 18.2 Å². The molecule has 0 bridgehead atoms. The molecule has 0 fully saturated rings. The molecule has 0 saturated carbocycles. The lowest BCUT2D eigenvalue weighted by Crippen LogP contribution is -2.52. The molecule has 2 amide bonds. The highest BCUT2D eigenvalue weighted by Gasteiger charge is 2.31. The maximum absolute atomic E-state index is 14.6. The van der Waals surface area contributed by atoms with Crippen molar-refractivity contribution in [2.45, 2.75) is 57.1 Å². The molecule has 0 radical (unpaired) electrons. The average Bonchev–Trinajstić information content (AvgIpc) is 2.87.